The Morgan fingerprint density at radius 2 is 1.64 bits per heavy atom. The van der Waals surface area contributed by atoms with Crippen molar-refractivity contribution in [2.24, 2.45) is 0 Å². The zero-order chi connectivity index (χ0) is 23.4. The van der Waals surface area contributed by atoms with Gasteiger partial charge in [0.1, 0.15) is 5.82 Å². The summed E-state index contributed by atoms with van der Waals surface area (Å²) < 4.78 is 10.7. The van der Waals surface area contributed by atoms with Crippen LogP contribution in [0.5, 0.6) is 11.5 Å². The number of aromatic nitrogens is 2. The third-order valence-electron chi connectivity index (χ3n) is 6.15. The van der Waals surface area contributed by atoms with E-state index in [1.165, 1.54) is 0 Å². The van der Waals surface area contributed by atoms with Crippen molar-refractivity contribution in [2.75, 3.05) is 88.7 Å². The predicted octanol–water partition coefficient (Wildman–Crippen LogP) is 1.91. The molecule has 2 aromatic rings. The first-order valence-electron chi connectivity index (χ1n) is 11.3. The molecule has 2 aliphatic rings. The predicted molar refractivity (Wildman–Crippen MR) is 129 cm³/mol. The van der Waals surface area contributed by atoms with E-state index >= 15 is 0 Å². The number of para-hydroxylation sites is 1. The lowest BCUT2D eigenvalue weighted by molar-refractivity contribution is 0.207. The van der Waals surface area contributed by atoms with Crippen molar-refractivity contribution < 1.29 is 14.3 Å². The summed E-state index contributed by atoms with van der Waals surface area (Å²) in [4.78, 5) is 31.0. The SMILES string of the molecule is COc1cccc(NC(=O)N2CCN(c3nc(C)cc(N4CCN(C)CC4)n3)CC2)c1OC. The third kappa shape index (κ3) is 5.22. The Balaban J connectivity index is 1.39. The molecule has 2 aliphatic heterocycles. The first-order valence-corrected chi connectivity index (χ1v) is 11.3. The van der Waals surface area contributed by atoms with Crippen LogP contribution in [-0.2, 0) is 0 Å². The number of nitrogens with one attached hydrogen (secondary N) is 1. The minimum atomic E-state index is -0.163. The van der Waals surface area contributed by atoms with Crippen LogP contribution in [0, 0.1) is 6.92 Å². The number of likely N-dealkylation sites (N-methyl/N-ethyl adjacent to an activating group) is 1. The topological polar surface area (TPSA) is 86.3 Å². The molecule has 1 aromatic heterocycles. The molecule has 2 saturated heterocycles. The summed E-state index contributed by atoms with van der Waals surface area (Å²) in [5, 5.41) is 2.95. The Kier molecular flexibility index (Phi) is 7.02. The summed E-state index contributed by atoms with van der Waals surface area (Å²) in [5.41, 5.74) is 1.54. The maximum absolute atomic E-state index is 12.9. The zero-order valence-corrected chi connectivity index (χ0v) is 19.9. The van der Waals surface area contributed by atoms with E-state index in [4.69, 9.17) is 14.5 Å². The van der Waals surface area contributed by atoms with Crippen LogP contribution < -0.4 is 24.6 Å². The number of ether oxygens (including phenoxy) is 2. The minimum absolute atomic E-state index is 0.163. The highest BCUT2D eigenvalue weighted by Gasteiger charge is 2.25. The van der Waals surface area contributed by atoms with Gasteiger partial charge in [-0.2, -0.15) is 4.98 Å². The lowest BCUT2D eigenvalue weighted by atomic mass is 10.2. The molecule has 2 fully saturated rings. The first-order chi connectivity index (χ1) is 16.0. The maximum Gasteiger partial charge on any atom is 0.322 e. The van der Waals surface area contributed by atoms with Crippen LogP contribution in [0.1, 0.15) is 5.69 Å². The summed E-state index contributed by atoms with van der Waals surface area (Å²) in [6, 6.07) is 7.31. The second-order valence-electron chi connectivity index (χ2n) is 8.40. The highest BCUT2D eigenvalue weighted by atomic mass is 16.5. The van der Waals surface area contributed by atoms with Crippen molar-refractivity contribution in [3.05, 3.63) is 30.0 Å². The van der Waals surface area contributed by atoms with Crippen LogP contribution in [0.25, 0.3) is 0 Å². The van der Waals surface area contributed by atoms with Gasteiger partial charge < -0.3 is 34.4 Å². The van der Waals surface area contributed by atoms with Crippen LogP contribution >= 0.6 is 0 Å². The largest absolute Gasteiger partial charge is 0.493 e. The summed E-state index contributed by atoms with van der Waals surface area (Å²) in [7, 11) is 5.28. The first kappa shape index (κ1) is 22.9. The van der Waals surface area contributed by atoms with E-state index in [1.807, 2.05) is 13.0 Å². The van der Waals surface area contributed by atoms with Gasteiger partial charge in [0, 0.05) is 64.1 Å². The van der Waals surface area contributed by atoms with E-state index in [2.05, 4.69) is 38.1 Å². The number of hydrogen-bond acceptors (Lipinski definition) is 8. The standard InChI is InChI=1S/C23H33N7O3/c1-17-16-20(28-10-8-27(2)9-11-28)26-22(24-17)29-12-14-30(15-13-29)23(31)25-18-6-5-7-19(32-3)21(18)33-4/h5-7,16H,8-15H2,1-4H3,(H,25,31). The molecule has 2 amide bonds. The Bertz CT molecular complexity index is 971. The van der Waals surface area contributed by atoms with E-state index in [0.717, 1.165) is 43.6 Å². The van der Waals surface area contributed by atoms with E-state index < -0.39 is 0 Å². The summed E-state index contributed by atoms with van der Waals surface area (Å²) >= 11 is 0. The molecule has 178 valence electrons. The maximum atomic E-state index is 12.9. The number of anilines is 3. The fourth-order valence-corrected chi connectivity index (χ4v) is 4.16. The number of hydrogen-bond donors (Lipinski definition) is 1. The molecule has 33 heavy (non-hydrogen) atoms. The number of methoxy groups -OCH3 is 2. The molecule has 3 heterocycles. The fraction of sp³-hybridized carbons (Fsp3) is 0.522. The lowest BCUT2D eigenvalue weighted by Gasteiger charge is -2.36. The van der Waals surface area contributed by atoms with Crippen molar-refractivity contribution in [1.29, 1.82) is 0 Å². The van der Waals surface area contributed by atoms with E-state index in [0.29, 0.717) is 43.4 Å². The second-order valence-corrected chi connectivity index (χ2v) is 8.40. The van der Waals surface area contributed by atoms with Crippen molar-refractivity contribution in [1.82, 2.24) is 19.8 Å². The van der Waals surface area contributed by atoms with Crippen LogP contribution in [-0.4, -0.2) is 99.4 Å². The molecule has 1 aromatic carbocycles. The number of aryl methyl sites for hydroxylation is 1. The van der Waals surface area contributed by atoms with Gasteiger partial charge >= 0.3 is 6.03 Å². The average molecular weight is 456 g/mol. The van der Waals surface area contributed by atoms with E-state index in [9.17, 15) is 4.79 Å². The van der Waals surface area contributed by atoms with Gasteiger partial charge in [-0.05, 0) is 26.1 Å². The van der Waals surface area contributed by atoms with E-state index in [1.54, 1.807) is 31.3 Å². The Morgan fingerprint density at radius 1 is 0.939 bits per heavy atom. The molecule has 10 nitrogen and oxygen atoms in total. The average Bonchev–Trinajstić information content (AvgIpc) is 2.84. The highest BCUT2D eigenvalue weighted by molar-refractivity contribution is 5.91. The molecular weight excluding hydrogens is 422 g/mol. The van der Waals surface area contributed by atoms with Crippen LogP contribution in [0.15, 0.2) is 24.3 Å². The molecule has 0 radical (unpaired) electrons. The molecule has 0 bridgehead atoms. The summed E-state index contributed by atoms with van der Waals surface area (Å²) in [6.07, 6.45) is 0. The number of rotatable bonds is 5. The fourth-order valence-electron chi connectivity index (χ4n) is 4.16. The number of piperazine rings is 2. The van der Waals surface area contributed by atoms with Gasteiger partial charge in [-0.15, -0.1) is 0 Å². The normalized spacial score (nSPS) is 17.2. The van der Waals surface area contributed by atoms with E-state index in [-0.39, 0.29) is 6.03 Å². The quantitative estimate of drug-likeness (QED) is 0.732. The van der Waals surface area contributed by atoms with Gasteiger partial charge in [0.15, 0.2) is 11.5 Å². The number of carbonyl (C=O) groups excluding carboxylic acids is 1. The van der Waals surface area contributed by atoms with Crippen molar-refractivity contribution in [2.45, 2.75) is 6.92 Å². The molecule has 1 N–H and O–H groups in total. The van der Waals surface area contributed by atoms with Crippen molar-refractivity contribution >= 4 is 23.5 Å². The number of amides is 2. The zero-order valence-electron chi connectivity index (χ0n) is 19.9. The number of benzene rings is 1. The molecule has 0 spiro atoms. The molecule has 4 rings (SSSR count). The Hall–Kier alpha value is -3.27. The molecular formula is C23H33N7O3. The Morgan fingerprint density at radius 3 is 2.30 bits per heavy atom. The van der Waals surface area contributed by atoms with Crippen LogP contribution in [0.3, 0.4) is 0 Å². The molecule has 0 saturated carbocycles. The van der Waals surface area contributed by atoms with Gasteiger partial charge in [-0.3, -0.25) is 0 Å². The third-order valence-corrected chi connectivity index (χ3v) is 6.15. The van der Waals surface area contributed by atoms with Gasteiger partial charge in [0.05, 0.1) is 19.9 Å². The summed E-state index contributed by atoms with van der Waals surface area (Å²) in [5.74, 6) is 2.80. The highest BCUT2D eigenvalue weighted by Crippen LogP contribution is 2.34. The molecule has 0 atom stereocenters. The van der Waals surface area contributed by atoms with Gasteiger partial charge in [0.2, 0.25) is 5.95 Å². The minimum Gasteiger partial charge on any atom is -0.493 e. The van der Waals surface area contributed by atoms with Gasteiger partial charge in [-0.1, -0.05) is 6.07 Å². The number of nitrogens with zero attached hydrogens (tertiary/aromatic N) is 6. The smallest absolute Gasteiger partial charge is 0.322 e. The second kappa shape index (κ2) is 10.1. The van der Waals surface area contributed by atoms with Crippen molar-refractivity contribution in [3.8, 4) is 11.5 Å². The van der Waals surface area contributed by atoms with Crippen molar-refractivity contribution in [3.63, 3.8) is 0 Å². The Labute approximate surface area is 195 Å². The molecule has 0 aliphatic carbocycles. The van der Waals surface area contributed by atoms with Gasteiger partial charge in [0.25, 0.3) is 0 Å². The van der Waals surface area contributed by atoms with Crippen LogP contribution in [0.4, 0.5) is 22.2 Å². The van der Waals surface area contributed by atoms with Crippen LogP contribution in [0.2, 0.25) is 0 Å². The molecule has 0 unspecified atom stereocenters. The lowest BCUT2D eigenvalue weighted by Crippen LogP contribution is -2.50. The summed E-state index contributed by atoms with van der Waals surface area (Å²) in [6.45, 7) is 8.52. The van der Waals surface area contributed by atoms with Gasteiger partial charge in [-0.25, -0.2) is 9.78 Å². The number of carbonyl (C=O) groups is 1. The molecule has 10 heteroatoms. The number of urea groups is 1. The monoisotopic (exact) mass is 455 g/mol.